The van der Waals surface area contributed by atoms with Crippen molar-refractivity contribution in [2.45, 2.75) is 13.0 Å². The topological polar surface area (TPSA) is 83.1 Å². The van der Waals surface area contributed by atoms with Gasteiger partial charge in [-0.15, -0.1) is 0 Å². The van der Waals surface area contributed by atoms with Crippen molar-refractivity contribution < 1.29 is 32.9 Å². The number of halogens is 1. The normalized spacial score (nSPS) is 11.3. The lowest BCUT2D eigenvalue weighted by Gasteiger charge is -2.15. The number of amides is 1. The Hall–Kier alpha value is -3.29. The summed E-state index contributed by atoms with van der Waals surface area (Å²) < 4.78 is 33.8. The highest BCUT2D eigenvalue weighted by Gasteiger charge is 2.18. The van der Waals surface area contributed by atoms with Crippen LogP contribution < -0.4 is 19.5 Å². The molecule has 0 aliphatic rings. The maximum Gasteiger partial charge on any atom is 0.326 e. The first kappa shape index (κ1) is 21.0. The molecule has 2 aromatic carbocycles. The highest BCUT2D eigenvalue weighted by atomic mass is 19.1. The summed E-state index contributed by atoms with van der Waals surface area (Å²) in [4.78, 5) is 24.4. The fraction of sp³-hybridized carbons (Fsp3) is 0.300. The third-order valence-electron chi connectivity index (χ3n) is 3.97. The van der Waals surface area contributed by atoms with Crippen molar-refractivity contribution >= 4 is 11.9 Å². The number of carbonyl (C=O) groups excluding carboxylic acids is 2. The Morgan fingerprint density at radius 2 is 1.57 bits per heavy atom. The van der Waals surface area contributed by atoms with Gasteiger partial charge in [-0.2, -0.15) is 0 Å². The van der Waals surface area contributed by atoms with Crippen LogP contribution in [-0.4, -0.2) is 39.8 Å². The molecule has 0 radical (unpaired) electrons. The molecule has 28 heavy (non-hydrogen) atoms. The summed E-state index contributed by atoms with van der Waals surface area (Å²) in [6.45, 7) is 1.33. The van der Waals surface area contributed by atoms with Crippen LogP contribution in [0, 0.1) is 5.82 Å². The molecule has 1 atom stereocenters. The van der Waals surface area contributed by atoms with Crippen molar-refractivity contribution in [3.8, 4) is 17.2 Å². The van der Waals surface area contributed by atoms with Crippen molar-refractivity contribution in [2.24, 2.45) is 0 Å². The van der Waals surface area contributed by atoms with Crippen LogP contribution in [0.1, 0.15) is 28.9 Å². The van der Waals surface area contributed by atoms with Crippen molar-refractivity contribution in [2.75, 3.05) is 27.9 Å². The lowest BCUT2D eigenvalue weighted by molar-refractivity contribution is -0.147. The number of methoxy groups -OCH3 is 3. The van der Waals surface area contributed by atoms with Crippen molar-refractivity contribution in [3.05, 3.63) is 53.3 Å². The third kappa shape index (κ3) is 5.12. The first-order valence-corrected chi connectivity index (χ1v) is 8.42. The Balaban J connectivity index is 1.99. The molecule has 1 amide bonds. The van der Waals surface area contributed by atoms with E-state index in [0.717, 1.165) is 0 Å². The van der Waals surface area contributed by atoms with E-state index in [1.807, 2.05) is 0 Å². The maximum atomic E-state index is 13.0. The number of hydrogen-bond donors (Lipinski definition) is 1. The zero-order chi connectivity index (χ0) is 20.7. The maximum absolute atomic E-state index is 13.0. The minimum atomic E-state index is -0.627. The number of nitrogens with one attached hydrogen (secondary N) is 1. The van der Waals surface area contributed by atoms with Gasteiger partial charge in [0, 0.05) is 5.56 Å². The predicted octanol–water partition coefficient (Wildman–Crippen LogP) is 2.89. The van der Waals surface area contributed by atoms with Gasteiger partial charge in [-0.25, -0.2) is 4.39 Å². The summed E-state index contributed by atoms with van der Waals surface area (Å²) in [6, 6.07) is 8.58. The van der Waals surface area contributed by atoms with E-state index in [2.05, 4.69) is 5.32 Å². The third-order valence-corrected chi connectivity index (χ3v) is 3.97. The molecule has 2 aromatic rings. The zero-order valence-corrected chi connectivity index (χ0v) is 16.1. The van der Waals surface area contributed by atoms with Gasteiger partial charge < -0.3 is 24.3 Å². The van der Waals surface area contributed by atoms with Gasteiger partial charge in [-0.3, -0.25) is 9.59 Å². The second kappa shape index (κ2) is 9.59. The van der Waals surface area contributed by atoms with Crippen LogP contribution in [0.15, 0.2) is 36.4 Å². The summed E-state index contributed by atoms with van der Waals surface area (Å²) in [7, 11) is 4.33. The van der Waals surface area contributed by atoms with E-state index >= 15 is 0 Å². The summed E-state index contributed by atoms with van der Waals surface area (Å²) in [5, 5.41) is 2.48. The summed E-state index contributed by atoms with van der Waals surface area (Å²) in [5.41, 5.74) is 0.875. The molecule has 0 saturated carbocycles. The molecule has 0 bridgehead atoms. The number of benzene rings is 2. The molecule has 150 valence electrons. The number of hydrogen-bond acceptors (Lipinski definition) is 6. The fourth-order valence-corrected chi connectivity index (χ4v) is 2.51. The first-order valence-electron chi connectivity index (χ1n) is 8.42. The Labute approximate surface area is 162 Å². The number of esters is 1. The Morgan fingerprint density at radius 1 is 1.00 bits per heavy atom. The zero-order valence-electron chi connectivity index (χ0n) is 16.1. The van der Waals surface area contributed by atoms with E-state index in [0.29, 0.717) is 22.8 Å². The van der Waals surface area contributed by atoms with Gasteiger partial charge in [-0.1, -0.05) is 12.1 Å². The first-order chi connectivity index (χ1) is 13.4. The van der Waals surface area contributed by atoms with Gasteiger partial charge in [0.25, 0.3) is 5.91 Å². The average Bonchev–Trinajstić information content (AvgIpc) is 2.71. The molecule has 0 aliphatic carbocycles. The van der Waals surface area contributed by atoms with Gasteiger partial charge in [0.05, 0.1) is 21.3 Å². The molecule has 0 unspecified atom stereocenters. The molecule has 1 N–H and O–H groups in total. The number of rotatable bonds is 8. The number of ether oxygens (including phenoxy) is 4. The summed E-state index contributed by atoms with van der Waals surface area (Å²) >= 11 is 0. The molecule has 0 aliphatic heterocycles. The number of carbonyl (C=O) groups is 2. The van der Waals surface area contributed by atoms with Gasteiger partial charge in [0.2, 0.25) is 5.75 Å². The van der Waals surface area contributed by atoms with Gasteiger partial charge in [0.1, 0.15) is 18.5 Å². The van der Waals surface area contributed by atoms with E-state index in [1.165, 1.54) is 57.7 Å². The van der Waals surface area contributed by atoms with Crippen LogP contribution in [0.2, 0.25) is 0 Å². The van der Waals surface area contributed by atoms with Crippen LogP contribution >= 0.6 is 0 Å². The van der Waals surface area contributed by atoms with E-state index in [1.54, 1.807) is 6.92 Å². The van der Waals surface area contributed by atoms with Crippen molar-refractivity contribution in [1.29, 1.82) is 0 Å². The van der Waals surface area contributed by atoms with E-state index < -0.39 is 18.0 Å². The van der Waals surface area contributed by atoms with Crippen molar-refractivity contribution in [3.63, 3.8) is 0 Å². The minimum Gasteiger partial charge on any atom is -0.493 e. The van der Waals surface area contributed by atoms with Gasteiger partial charge in [-0.05, 0) is 36.8 Å². The molecular weight excluding hydrogens is 369 g/mol. The summed E-state index contributed by atoms with van der Waals surface area (Å²) in [5.74, 6) is -0.517. The quantitative estimate of drug-likeness (QED) is 0.697. The van der Waals surface area contributed by atoms with Gasteiger partial charge >= 0.3 is 5.97 Å². The van der Waals surface area contributed by atoms with Crippen LogP contribution in [0.5, 0.6) is 17.2 Å². The molecular formula is C20H22FNO6. The Bertz CT molecular complexity index is 812. The Kier molecular flexibility index (Phi) is 7.20. The Morgan fingerprint density at radius 3 is 2.07 bits per heavy atom. The smallest absolute Gasteiger partial charge is 0.326 e. The highest BCUT2D eigenvalue weighted by Crippen LogP contribution is 2.38. The lowest BCUT2D eigenvalue weighted by atomic mass is 10.1. The fourth-order valence-electron chi connectivity index (χ4n) is 2.51. The largest absolute Gasteiger partial charge is 0.493 e. The van der Waals surface area contributed by atoms with E-state index in [-0.39, 0.29) is 17.9 Å². The van der Waals surface area contributed by atoms with Gasteiger partial charge in [0.15, 0.2) is 11.5 Å². The van der Waals surface area contributed by atoms with Crippen LogP contribution in [0.4, 0.5) is 4.39 Å². The minimum absolute atomic E-state index is 0.230. The lowest BCUT2D eigenvalue weighted by Crippen LogP contribution is -2.31. The second-order valence-electron chi connectivity index (χ2n) is 5.78. The summed E-state index contributed by atoms with van der Waals surface area (Å²) in [6.07, 6.45) is -0.578. The molecule has 2 rings (SSSR count). The molecule has 0 aromatic heterocycles. The predicted molar refractivity (Wildman–Crippen MR) is 99.3 cm³/mol. The molecule has 8 heteroatoms. The van der Waals surface area contributed by atoms with Crippen LogP contribution in [-0.2, 0) is 9.53 Å². The molecule has 7 nitrogen and oxygen atoms in total. The van der Waals surface area contributed by atoms with E-state index in [4.69, 9.17) is 18.9 Å². The second-order valence-corrected chi connectivity index (χ2v) is 5.78. The average molecular weight is 391 g/mol. The monoisotopic (exact) mass is 391 g/mol. The molecule has 0 spiro atoms. The van der Waals surface area contributed by atoms with Crippen molar-refractivity contribution in [1.82, 2.24) is 5.32 Å². The van der Waals surface area contributed by atoms with Crippen LogP contribution in [0.3, 0.4) is 0 Å². The van der Waals surface area contributed by atoms with E-state index in [9.17, 15) is 14.0 Å². The highest BCUT2D eigenvalue weighted by molar-refractivity contribution is 5.97. The van der Waals surface area contributed by atoms with Crippen LogP contribution in [0.25, 0.3) is 0 Å². The SMILES string of the molecule is COc1cc(C(=O)NCC(=O)O[C@@H](C)c2ccc(F)cc2)cc(OC)c1OC. The molecule has 0 saturated heterocycles. The molecule has 0 fully saturated rings. The molecule has 0 heterocycles. The standard InChI is InChI=1S/C20H22FNO6/c1-12(13-5-7-15(21)8-6-13)28-18(23)11-22-20(24)14-9-16(25-2)19(27-4)17(10-14)26-3/h5-10,12H,11H2,1-4H3,(H,22,24)/t12-/m0/s1.